The van der Waals surface area contributed by atoms with Crippen molar-refractivity contribution in [3.63, 3.8) is 0 Å². The van der Waals surface area contributed by atoms with E-state index in [0.29, 0.717) is 0 Å². The summed E-state index contributed by atoms with van der Waals surface area (Å²) in [6.45, 7) is 6.24. The van der Waals surface area contributed by atoms with Crippen molar-refractivity contribution in [1.29, 1.82) is 0 Å². The Hall–Kier alpha value is -0.990. The molecule has 0 saturated heterocycles. The smallest absolute Gasteiger partial charge is 0.405 e. The maximum atomic E-state index is 10.9. The summed E-state index contributed by atoms with van der Waals surface area (Å²) < 4.78 is 5.33. The molecule has 80 valence electrons. The Labute approximate surface area is 85.3 Å². The molecule has 14 heavy (non-hydrogen) atoms. The fourth-order valence-corrected chi connectivity index (χ4v) is 1.93. The number of amides is 1. The molecule has 1 atom stereocenters. The highest BCUT2D eigenvalue weighted by Gasteiger charge is 2.44. The first-order valence-electron chi connectivity index (χ1n) is 5.01. The summed E-state index contributed by atoms with van der Waals surface area (Å²) in [6, 6.07) is 0. The van der Waals surface area contributed by atoms with Gasteiger partial charge in [0.15, 0.2) is 0 Å². The summed E-state index contributed by atoms with van der Waals surface area (Å²) in [5.74, 6) is 0. The Morgan fingerprint density at radius 3 is 2.43 bits per heavy atom. The van der Waals surface area contributed by atoms with Crippen molar-refractivity contribution in [2.75, 3.05) is 0 Å². The quantitative estimate of drug-likeness (QED) is 0.657. The first kappa shape index (κ1) is 11.1. The number of rotatable bonds is 1. The minimum absolute atomic E-state index is 0.0766. The van der Waals surface area contributed by atoms with E-state index < -0.39 is 11.7 Å². The molecule has 0 radical (unpaired) electrons. The van der Waals surface area contributed by atoms with Gasteiger partial charge in [0.2, 0.25) is 0 Å². The van der Waals surface area contributed by atoms with Gasteiger partial charge in [-0.1, -0.05) is 32.9 Å². The van der Waals surface area contributed by atoms with Gasteiger partial charge >= 0.3 is 6.09 Å². The van der Waals surface area contributed by atoms with E-state index >= 15 is 0 Å². The van der Waals surface area contributed by atoms with Crippen molar-refractivity contribution in [3.05, 3.63) is 12.2 Å². The number of nitrogens with two attached hydrogens (primary N) is 1. The monoisotopic (exact) mass is 197 g/mol. The number of primary amides is 1. The predicted molar refractivity (Wildman–Crippen MR) is 55.8 cm³/mol. The Kier molecular flexibility index (Phi) is 2.88. The van der Waals surface area contributed by atoms with Crippen LogP contribution in [-0.2, 0) is 4.74 Å². The molecule has 1 rings (SSSR count). The normalized spacial score (nSPS) is 27.4. The van der Waals surface area contributed by atoms with Crippen molar-refractivity contribution in [2.45, 2.75) is 45.6 Å². The van der Waals surface area contributed by atoms with Gasteiger partial charge in [-0.3, -0.25) is 0 Å². The van der Waals surface area contributed by atoms with Crippen LogP contribution in [0.5, 0.6) is 0 Å². The van der Waals surface area contributed by atoms with Crippen LogP contribution in [0.4, 0.5) is 4.79 Å². The molecule has 0 aliphatic heterocycles. The van der Waals surface area contributed by atoms with Crippen LogP contribution in [0, 0.1) is 5.41 Å². The number of allylic oxidation sites excluding steroid dienone is 1. The van der Waals surface area contributed by atoms with Gasteiger partial charge < -0.3 is 10.5 Å². The number of carbonyl (C=O) groups is 1. The Morgan fingerprint density at radius 1 is 1.43 bits per heavy atom. The van der Waals surface area contributed by atoms with Crippen molar-refractivity contribution < 1.29 is 9.53 Å². The van der Waals surface area contributed by atoms with E-state index in [9.17, 15) is 4.79 Å². The van der Waals surface area contributed by atoms with Crippen molar-refractivity contribution in [1.82, 2.24) is 0 Å². The Bertz CT molecular complexity index is 253. The highest BCUT2D eigenvalue weighted by Crippen LogP contribution is 2.42. The van der Waals surface area contributed by atoms with Gasteiger partial charge in [-0.2, -0.15) is 0 Å². The van der Waals surface area contributed by atoms with Gasteiger partial charge in [-0.05, 0) is 12.8 Å². The first-order valence-corrected chi connectivity index (χ1v) is 5.01. The molecule has 3 heteroatoms. The maximum absolute atomic E-state index is 10.9. The molecule has 0 spiro atoms. The summed E-state index contributed by atoms with van der Waals surface area (Å²) >= 11 is 0. The molecule has 0 saturated carbocycles. The lowest BCUT2D eigenvalue weighted by Gasteiger charge is -2.44. The molecule has 0 fully saturated rings. The fourth-order valence-electron chi connectivity index (χ4n) is 1.93. The van der Waals surface area contributed by atoms with Crippen LogP contribution in [-0.4, -0.2) is 11.7 Å². The van der Waals surface area contributed by atoms with E-state index in [1.165, 1.54) is 0 Å². The predicted octanol–water partition coefficient (Wildman–Crippen LogP) is 2.61. The minimum atomic E-state index is -0.671. The number of carbonyl (C=O) groups excluding carboxylic acids is 1. The second kappa shape index (κ2) is 3.64. The molecule has 3 nitrogen and oxygen atoms in total. The second-order valence-electron chi connectivity index (χ2n) is 4.88. The Morgan fingerprint density at radius 2 is 2.07 bits per heavy atom. The van der Waals surface area contributed by atoms with E-state index in [-0.39, 0.29) is 5.41 Å². The summed E-state index contributed by atoms with van der Waals surface area (Å²) in [7, 11) is 0. The van der Waals surface area contributed by atoms with Crippen LogP contribution >= 0.6 is 0 Å². The molecule has 0 aromatic heterocycles. The maximum Gasteiger partial charge on any atom is 0.405 e. The number of hydrogen-bond donors (Lipinski definition) is 1. The van der Waals surface area contributed by atoms with E-state index in [1.807, 2.05) is 0 Å². The average molecular weight is 197 g/mol. The molecule has 1 unspecified atom stereocenters. The van der Waals surface area contributed by atoms with Gasteiger partial charge in [0, 0.05) is 11.8 Å². The molecule has 1 aliphatic rings. The first-order chi connectivity index (χ1) is 6.37. The topological polar surface area (TPSA) is 52.3 Å². The van der Waals surface area contributed by atoms with Crippen LogP contribution < -0.4 is 5.73 Å². The Balaban J connectivity index is 2.90. The van der Waals surface area contributed by atoms with Crippen LogP contribution in [0.15, 0.2) is 12.2 Å². The third kappa shape index (κ3) is 2.08. The number of ether oxygens (including phenoxy) is 1. The zero-order valence-corrected chi connectivity index (χ0v) is 9.17. The van der Waals surface area contributed by atoms with Crippen LogP contribution in [0.1, 0.15) is 40.0 Å². The van der Waals surface area contributed by atoms with Crippen LogP contribution in [0.25, 0.3) is 0 Å². The lowest BCUT2D eigenvalue weighted by Crippen LogP contribution is -2.48. The van der Waals surface area contributed by atoms with Crippen molar-refractivity contribution in [3.8, 4) is 0 Å². The van der Waals surface area contributed by atoms with E-state index in [0.717, 1.165) is 19.3 Å². The van der Waals surface area contributed by atoms with E-state index in [4.69, 9.17) is 10.5 Å². The van der Waals surface area contributed by atoms with Crippen molar-refractivity contribution >= 4 is 6.09 Å². The molecule has 2 N–H and O–H groups in total. The fraction of sp³-hybridized carbons (Fsp3) is 0.727. The summed E-state index contributed by atoms with van der Waals surface area (Å²) in [4.78, 5) is 10.9. The molecule has 0 aromatic carbocycles. The van der Waals surface area contributed by atoms with E-state index in [2.05, 4.69) is 32.9 Å². The zero-order valence-electron chi connectivity index (χ0n) is 9.17. The third-order valence-electron chi connectivity index (χ3n) is 2.99. The SMILES string of the molecule is CC(C)(C)C1(OC(N)=O)CC=CCC1. The van der Waals surface area contributed by atoms with Gasteiger partial charge in [0.05, 0.1) is 0 Å². The largest absolute Gasteiger partial charge is 0.442 e. The highest BCUT2D eigenvalue weighted by atomic mass is 16.6. The molecule has 0 aromatic rings. The zero-order chi connectivity index (χ0) is 10.8. The summed E-state index contributed by atoms with van der Waals surface area (Å²) in [5, 5.41) is 0. The third-order valence-corrected chi connectivity index (χ3v) is 2.99. The molecule has 0 bridgehead atoms. The molecule has 0 heterocycles. The summed E-state index contributed by atoms with van der Waals surface area (Å²) in [5.41, 5.74) is 4.62. The van der Waals surface area contributed by atoms with Crippen molar-refractivity contribution in [2.24, 2.45) is 11.1 Å². The lowest BCUT2D eigenvalue weighted by molar-refractivity contribution is -0.0707. The lowest BCUT2D eigenvalue weighted by atomic mass is 9.70. The number of hydrogen-bond acceptors (Lipinski definition) is 2. The molecular weight excluding hydrogens is 178 g/mol. The minimum Gasteiger partial charge on any atom is -0.442 e. The van der Waals surface area contributed by atoms with Gasteiger partial charge in [-0.25, -0.2) is 4.79 Å². The summed E-state index contributed by atoms with van der Waals surface area (Å²) in [6.07, 6.45) is 6.08. The van der Waals surface area contributed by atoms with Gasteiger partial charge in [-0.15, -0.1) is 0 Å². The van der Waals surface area contributed by atoms with Gasteiger partial charge in [0.1, 0.15) is 5.60 Å². The van der Waals surface area contributed by atoms with E-state index in [1.54, 1.807) is 0 Å². The standard InChI is InChI=1S/C11H19NO2/c1-10(2,3)11(14-9(12)13)7-5-4-6-8-11/h4-5H,6-8H2,1-3H3,(H2,12,13). The average Bonchev–Trinajstić information content (AvgIpc) is 2.02. The van der Waals surface area contributed by atoms with Crippen LogP contribution in [0.3, 0.4) is 0 Å². The van der Waals surface area contributed by atoms with Gasteiger partial charge in [0.25, 0.3) is 0 Å². The highest BCUT2D eigenvalue weighted by molar-refractivity contribution is 5.65. The molecule has 1 aliphatic carbocycles. The molecule has 1 amide bonds. The molecular formula is C11H19NO2. The second-order valence-corrected chi connectivity index (χ2v) is 4.88. The van der Waals surface area contributed by atoms with Crippen LogP contribution in [0.2, 0.25) is 0 Å².